The van der Waals surface area contributed by atoms with Gasteiger partial charge in [0.2, 0.25) is 0 Å². The molecule has 96 valence electrons. The van der Waals surface area contributed by atoms with E-state index in [1.54, 1.807) is 0 Å². The van der Waals surface area contributed by atoms with Gasteiger partial charge in [-0.3, -0.25) is 4.89 Å². The van der Waals surface area contributed by atoms with Crippen molar-refractivity contribution in [2.24, 2.45) is 0 Å². The number of aliphatic carboxylic acids is 1. The number of carboxylic acid groups (broad SMARTS) is 2. The van der Waals surface area contributed by atoms with Crippen molar-refractivity contribution in [3.05, 3.63) is 48.0 Å². The summed E-state index contributed by atoms with van der Waals surface area (Å²) in [5.74, 6) is -3.32. The first-order chi connectivity index (χ1) is 8.43. The van der Waals surface area contributed by atoms with Crippen LogP contribution in [-0.2, 0) is 9.68 Å². The number of carboxylic acids is 2. The molecule has 1 aromatic carbocycles. The van der Waals surface area contributed by atoms with Crippen LogP contribution in [0.25, 0.3) is 0 Å². The van der Waals surface area contributed by atoms with Gasteiger partial charge in [0.25, 0.3) is 0 Å². The maximum Gasteiger partial charge on any atom is 0.373 e. The lowest BCUT2D eigenvalue weighted by atomic mass is 10.1. The van der Waals surface area contributed by atoms with Gasteiger partial charge in [-0.1, -0.05) is 18.7 Å². The lowest BCUT2D eigenvalue weighted by Crippen LogP contribution is -2.09. The van der Waals surface area contributed by atoms with Crippen LogP contribution in [0.1, 0.15) is 20.7 Å². The topological polar surface area (TPSA) is 121 Å². The molecule has 0 saturated carbocycles. The van der Waals surface area contributed by atoms with Crippen molar-refractivity contribution in [2.75, 3.05) is 0 Å². The normalized spacial score (nSPS) is 8.50. The van der Waals surface area contributed by atoms with E-state index in [2.05, 4.69) is 11.5 Å². The third-order valence-electron chi connectivity index (χ3n) is 1.63. The molecule has 0 aliphatic carbocycles. The maximum absolute atomic E-state index is 10.8. The second kappa shape index (κ2) is 7.58. The summed E-state index contributed by atoms with van der Waals surface area (Å²) in [4.78, 5) is 34.0. The molecule has 0 aliphatic rings. The first-order valence-electron chi connectivity index (χ1n) is 4.47. The van der Waals surface area contributed by atoms with E-state index in [4.69, 9.17) is 15.5 Å². The van der Waals surface area contributed by atoms with Gasteiger partial charge in [-0.2, -0.15) is 5.26 Å². The summed E-state index contributed by atoms with van der Waals surface area (Å²) in [5.41, 5.74) is -0.390. The molecule has 0 spiro atoms. The molecule has 1 rings (SSSR count). The monoisotopic (exact) mass is 254 g/mol. The molecule has 1 aromatic rings. The van der Waals surface area contributed by atoms with Gasteiger partial charge < -0.3 is 10.2 Å². The second-order valence-electron chi connectivity index (χ2n) is 2.77. The highest BCUT2D eigenvalue weighted by Gasteiger charge is 2.16. The van der Waals surface area contributed by atoms with Crippen molar-refractivity contribution in [1.82, 2.24) is 0 Å². The van der Waals surface area contributed by atoms with Gasteiger partial charge in [0, 0.05) is 6.08 Å². The molecule has 0 aromatic heterocycles. The molecular formula is C11H10O7. The van der Waals surface area contributed by atoms with Crippen LogP contribution >= 0.6 is 0 Å². The number of hydrogen-bond donors (Lipinski definition) is 3. The molecule has 0 fully saturated rings. The van der Waals surface area contributed by atoms with E-state index in [9.17, 15) is 14.4 Å². The van der Waals surface area contributed by atoms with Gasteiger partial charge in [-0.15, -0.1) is 0 Å². The number of hydrogen-bond acceptors (Lipinski definition) is 5. The van der Waals surface area contributed by atoms with Gasteiger partial charge >= 0.3 is 17.9 Å². The van der Waals surface area contributed by atoms with Crippen LogP contribution in [-0.4, -0.2) is 33.4 Å². The molecule has 7 nitrogen and oxygen atoms in total. The van der Waals surface area contributed by atoms with Crippen LogP contribution in [0.5, 0.6) is 0 Å². The Hall–Kier alpha value is -2.67. The van der Waals surface area contributed by atoms with Crippen molar-refractivity contribution < 1.29 is 34.7 Å². The van der Waals surface area contributed by atoms with E-state index < -0.39 is 17.9 Å². The predicted molar refractivity (Wildman–Crippen MR) is 59.3 cm³/mol. The van der Waals surface area contributed by atoms with Crippen LogP contribution < -0.4 is 0 Å². The number of benzene rings is 1. The minimum atomic E-state index is -1.25. The second-order valence-corrected chi connectivity index (χ2v) is 2.77. The summed E-state index contributed by atoms with van der Waals surface area (Å²) in [6.07, 6.45) is 0.833. The van der Waals surface area contributed by atoms with Crippen LogP contribution in [0.2, 0.25) is 0 Å². The number of carbonyl (C=O) groups is 3. The van der Waals surface area contributed by atoms with Crippen molar-refractivity contribution in [3.63, 3.8) is 0 Å². The quantitative estimate of drug-likeness (QED) is 0.421. The molecule has 0 bridgehead atoms. The van der Waals surface area contributed by atoms with Crippen molar-refractivity contribution in [3.8, 4) is 0 Å². The third-order valence-corrected chi connectivity index (χ3v) is 1.63. The highest BCUT2D eigenvalue weighted by Crippen LogP contribution is 2.09. The van der Waals surface area contributed by atoms with Gasteiger partial charge in [0.05, 0.1) is 11.1 Å². The predicted octanol–water partition coefficient (Wildman–Crippen LogP) is 1.27. The number of aromatic carboxylic acids is 1. The molecule has 7 heteroatoms. The lowest BCUT2D eigenvalue weighted by molar-refractivity contribution is -0.182. The third kappa shape index (κ3) is 4.90. The molecular weight excluding hydrogens is 244 g/mol. The fourth-order valence-corrected chi connectivity index (χ4v) is 0.897. The summed E-state index contributed by atoms with van der Waals surface area (Å²) in [5, 5.41) is 24.3. The van der Waals surface area contributed by atoms with E-state index in [1.165, 1.54) is 24.3 Å². The first kappa shape index (κ1) is 15.3. The highest BCUT2D eigenvalue weighted by molar-refractivity contribution is 6.02. The Morgan fingerprint density at radius 2 is 1.56 bits per heavy atom. The lowest BCUT2D eigenvalue weighted by Gasteiger charge is -2.00. The Morgan fingerprint density at radius 1 is 1.11 bits per heavy atom. The standard InChI is InChI=1S/C8H6O5.C3H4O2/c9-7(10)5-3-1-2-4-6(5)8(11)13-12;1-2-3(4)5/h1-4,12H,(H,9,10);2H,1H2,(H,4,5). The van der Waals surface area contributed by atoms with Gasteiger partial charge in [-0.05, 0) is 12.1 Å². The molecule has 0 amide bonds. The Balaban J connectivity index is 0.000000494. The van der Waals surface area contributed by atoms with E-state index in [1.807, 2.05) is 0 Å². The van der Waals surface area contributed by atoms with Crippen LogP contribution in [0, 0.1) is 0 Å². The van der Waals surface area contributed by atoms with E-state index in [-0.39, 0.29) is 11.1 Å². The van der Waals surface area contributed by atoms with E-state index in [0.29, 0.717) is 0 Å². The fraction of sp³-hybridized carbons (Fsp3) is 0. The Labute approximate surface area is 101 Å². The summed E-state index contributed by atoms with van der Waals surface area (Å²) < 4.78 is 0. The number of carbonyl (C=O) groups excluding carboxylic acids is 1. The molecule has 18 heavy (non-hydrogen) atoms. The van der Waals surface area contributed by atoms with Gasteiger partial charge in [-0.25, -0.2) is 14.4 Å². The summed E-state index contributed by atoms with van der Waals surface area (Å²) in [7, 11) is 0. The zero-order valence-corrected chi connectivity index (χ0v) is 9.07. The Kier molecular flexibility index (Phi) is 6.45. The molecule has 0 heterocycles. The van der Waals surface area contributed by atoms with Crippen molar-refractivity contribution >= 4 is 17.9 Å². The zero-order valence-electron chi connectivity index (χ0n) is 9.07. The van der Waals surface area contributed by atoms with E-state index >= 15 is 0 Å². The summed E-state index contributed by atoms with van der Waals surface area (Å²) >= 11 is 0. The van der Waals surface area contributed by atoms with Crippen LogP contribution in [0.15, 0.2) is 36.9 Å². The highest BCUT2D eigenvalue weighted by atomic mass is 17.1. The average molecular weight is 254 g/mol. The molecule has 0 radical (unpaired) electrons. The summed E-state index contributed by atoms with van der Waals surface area (Å²) in [6, 6.07) is 5.44. The average Bonchev–Trinajstić information content (AvgIpc) is 2.38. The minimum Gasteiger partial charge on any atom is -0.478 e. The molecule has 3 N–H and O–H groups in total. The smallest absolute Gasteiger partial charge is 0.373 e. The van der Waals surface area contributed by atoms with Gasteiger partial charge in [0.1, 0.15) is 0 Å². The van der Waals surface area contributed by atoms with Gasteiger partial charge in [0.15, 0.2) is 0 Å². The molecule has 0 unspecified atom stereocenters. The molecule has 0 aliphatic heterocycles. The Bertz CT molecular complexity index is 464. The summed E-state index contributed by atoms with van der Waals surface area (Å²) in [6.45, 7) is 2.96. The number of rotatable bonds is 3. The SMILES string of the molecule is C=CC(=O)O.O=C(O)c1ccccc1C(=O)OO. The Morgan fingerprint density at radius 3 is 1.89 bits per heavy atom. The van der Waals surface area contributed by atoms with Crippen LogP contribution in [0.3, 0.4) is 0 Å². The largest absolute Gasteiger partial charge is 0.478 e. The van der Waals surface area contributed by atoms with E-state index in [0.717, 1.165) is 6.08 Å². The maximum atomic E-state index is 10.8. The zero-order chi connectivity index (χ0) is 14.1. The van der Waals surface area contributed by atoms with Crippen molar-refractivity contribution in [2.45, 2.75) is 0 Å². The first-order valence-corrected chi connectivity index (χ1v) is 4.47. The van der Waals surface area contributed by atoms with Crippen LogP contribution in [0.4, 0.5) is 0 Å². The fourth-order valence-electron chi connectivity index (χ4n) is 0.897. The van der Waals surface area contributed by atoms with Crippen molar-refractivity contribution in [1.29, 1.82) is 0 Å². The molecule has 0 saturated heterocycles. The minimum absolute atomic E-state index is 0.183. The molecule has 0 atom stereocenters.